The van der Waals surface area contributed by atoms with Crippen molar-refractivity contribution in [2.75, 3.05) is 13.7 Å². The molecule has 0 bridgehead atoms. The van der Waals surface area contributed by atoms with E-state index in [1.165, 1.54) is 0 Å². The third-order valence-corrected chi connectivity index (χ3v) is 3.97. The standard InChI is InChI=1S/C17H27NO3/c1-5-12(2)15(19)11-18-17(20)10-13(3)14-8-6-7-9-16(14)21-4/h6-9,12-13,15,19H,5,10-11H2,1-4H3,(H,18,20). The monoisotopic (exact) mass is 293 g/mol. The van der Waals surface area contributed by atoms with Crippen molar-refractivity contribution in [2.45, 2.75) is 45.6 Å². The zero-order valence-corrected chi connectivity index (χ0v) is 13.4. The Labute approximate surface area is 127 Å². The van der Waals surface area contributed by atoms with Gasteiger partial charge in [-0.15, -0.1) is 0 Å². The Morgan fingerprint density at radius 1 is 1.33 bits per heavy atom. The van der Waals surface area contributed by atoms with Gasteiger partial charge >= 0.3 is 0 Å². The fourth-order valence-electron chi connectivity index (χ4n) is 2.23. The molecule has 0 aliphatic heterocycles. The van der Waals surface area contributed by atoms with E-state index in [2.05, 4.69) is 5.32 Å². The lowest BCUT2D eigenvalue weighted by Gasteiger charge is -2.19. The van der Waals surface area contributed by atoms with Crippen molar-refractivity contribution in [3.63, 3.8) is 0 Å². The minimum absolute atomic E-state index is 0.0456. The lowest BCUT2D eigenvalue weighted by atomic mass is 9.96. The van der Waals surface area contributed by atoms with Gasteiger partial charge in [-0.05, 0) is 23.5 Å². The number of carbonyl (C=O) groups excluding carboxylic acids is 1. The highest BCUT2D eigenvalue weighted by molar-refractivity contribution is 5.77. The maximum atomic E-state index is 12.0. The Hall–Kier alpha value is -1.55. The number of aliphatic hydroxyl groups excluding tert-OH is 1. The molecule has 0 spiro atoms. The molecule has 1 amide bonds. The number of amides is 1. The molecule has 0 aliphatic rings. The maximum absolute atomic E-state index is 12.0. The first-order valence-electron chi connectivity index (χ1n) is 7.57. The van der Waals surface area contributed by atoms with Crippen molar-refractivity contribution in [3.8, 4) is 5.75 Å². The first-order chi connectivity index (χ1) is 9.99. The van der Waals surface area contributed by atoms with Crippen molar-refractivity contribution in [2.24, 2.45) is 5.92 Å². The van der Waals surface area contributed by atoms with Gasteiger partial charge in [-0.3, -0.25) is 4.79 Å². The summed E-state index contributed by atoms with van der Waals surface area (Å²) in [5.41, 5.74) is 1.03. The minimum atomic E-state index is -0.486. The Morgan fingerprint density at radius 3 is 2.62 bits per heavy atom. The van der Waals surface area contributed by atoms with Crippen LogP contribution in [0.15, 0.2) is 24.3 Å². The number of nitrogens with one attached hydrogen (secondary N) is 1. The van der Waals surface area contributed by atoms with E-state index >= 15 is 0 Å². The molecular formula is C17H27NO3. The predicted molar refractivity (Wildman–Crippen MR) is 84.5 cm³/mol. The highest BCUT2D eigenvalue weighted by Crippen LogP contribution is 2.28. The summed E-state index contributed by atoms with van der Waals surface area (Å²) in [6.45, 7) is 6.32. The second kappa shape index (κ2) is 8.67. The number of benzene rings is 1. The first kappa shape index (κ1) is 17.5. The predicted octanol–water partition coefficient (Wildman–Crippen LogP) is 2.71. The molecule has 0 fully saturated rings. The molecule has 3 unspecified atom stereocenters. The van der Waals surface area contributed by atoms with Gasteiger partial charge in [0.05, 0.1) is 13.2 Å². The van der Waals surface area contributed by atoms with E-state index in [-0.39, 0.29) is 17.7 Å². The average molecular weight is 293 g/mol. The molecule has 4 heteroatoms. The van der Waals surface area contributed by atoms with Gasteiger partial charge in [0, 0.05) is 13.0 Å². The molecule has 3 atom stereocenters. The van der Waals surface area contributed by atoms with Crippen molar-refractivity contribution in [1.29, 1.82) is 0 Å². The number of hydrogen-bond acceptors (Lipinski definition) is 3. The summed E-state index contributed by atoms with van der Waals surface area (Å²) < 4.78 is 5.32. The summed E-state index contributed by atoms with van der Waals surface area (Å²) in [5, 5.41) is 12.7. The van der Waals surface area contributed by atoms with E-state index in [0.29, 0.717) is 13.0 Å². The van der Waals surface area contributed by atoms with Crippen LogP contribution in [0, 0.1) is 5.92 Å². The molecule has 21 heavy (non-hydrogen) atoms. The van der Waals surface area contributed by atoms with E-state index in [9.17, 15) is 9.90 Å². The topological polar surface area (TPSA) is 58.6 Å². The van der Waals surface area contributed by atoms with Gasteiger partial charge in [-0.2, -0.15) is 0 Å². The zero-order valence-electron chi connectivity index (χ0n) is 13.4. The number of hydrogen-bond donors (Lipinski definition) is 2. The summed E-state index contributed by atoms with van der Waals surface area (Å²) in [6.07, 6.45) is 0.794. The number of ether oxygens (including phenoxy) is 1. The molecule has 1 rings (SSSR count). The number of aliphatic hydroxyl groups is 1. The molecule has 118 valence electrons. The normalized spacial score (nSPS) is 15.1. The van der Waals surface area contributed by atoms with Crippen molar-refractivity contribution < 1.29 is 14.6 Å². The fourth-order valence-corrected chi connectivity index (χ4v) is 2.23. The minimum Gasteiger partial charge on any atom is -0.496 e. The van der Waals surface area contributed by atoms with Crippen molar-refractivity contribution in [3.05, 3.63) is 29.8 Å². The van der Waals surface area contributed by atoms with Crippen LogP contribution in [0.1, 0.15) is 45.1 Å². The highest BCUT2D eigenvalue weighted by atomic mass is 16.5. The largest absolute Gasteiger partial charge is 0.496 e. The summed E-state index contributed by atoms with van der Waals surface area (Å²) in [5.74, 6) is 1.02. The van der Waals surface area contributed by atoms with Gasteiger partial charge in [0.2, 0.25) is 5.91 Å². The molecule has 4 nitrogen and oxygen atoms in total. The molecule has 2 N–H and O–H groups in total. The molecule has 0 radical (unpaired) electrons. The van der Waals surface area contributed by atoms with Crippen LogP contribution in [0.4, 0.5) is 0 Å². The number of rotatable bonds is 8. The molecule has 1 aromatic rings. The molecule has 0 heterocycles. The summed E-state index contributed by atoms with van der Waals surface area (Å²) in [7, 11) is 1.63. The van der Waals surface area contributed by atoms with Crippen LogP contribution in [-0.2, 0) is 4.79 Å². The van der Waals surface area contributed by atoms with Gasteiger partial charge in [-0.1, -0.05) is 45.4 Å². The summed E-state index contributed by atoms with van der Waals surface area (Å²) >= 11 is 0. The Balaban J connectivity index is 2.51. The Bertz CT molecular complexity index is 447. The van der Waals surface area contributed by atoms with E-state index in [4.69, 9.17) is 4.74 Å². The lowest BCUT2D eigenvalue weighted by molar-refractivity contribution is -0.122. The first-order valence-corrected chi connectivity index (χ1v) is 7.57. The lowest BCUT2D eigenvalue weighted by Crippen LogP contribution is -2.35. The second-order valence-electron chi connectivity index (χ2n) is 5.60. The molecule has 0 aliphatic carbocycles. The third-order valence-electron chi connectivity index (χ3n) is 3.97. The second-order valence-corrected chi connectivity index (χ2v) is 5.60. The van der Waals surface area contributed by atoms with Crippen LogP contribution in [0.3, 0.4) is 0 Å². The molecular weight excluding hydrogens is 266 g/mol. The van der Waals surface area contributed by atoms with Crippen LogP contribution in [0.25, 0.3) is 0 Å². The zero-order chi connectivity index (χ0) is 15.8. The van der Waals surface area contributed by atoms with Gasteiger partial charge < -0.3 is 15.2 Å². The van der Waals surface area contributed by atoms with Crippen LogP contribution in [0.2, 0.25) is 0 Å². The summed E-state index contributed by atoms with van der Waals surface area (Å²) in [4.78, 5) is 12.0. The smallest absolute Gasteiger partial charge is 0.220 e. The van der Waals surface area contributed by atoms with Crippen LogP contribution < -0.4 is 10.1 Å². The fraction of sp³-hybridized carbons (Fsp3) is 0.588. The molecule has 0 saturated heterocycles. The van der Waals surface area contributed by atoms with E-state index in [1.807, 2.05) is 45.0 Å². The SMILES string of the molecule is CCC(C)C(O)CNC(=O)CC(C)c1ccccc1OC. The molecule has 0 aromatic heterocycles. The molecule has 0 saturated carbocycles. The van der Waals surface area contributed by atoms with Crippen LogP contribution in [-0.4, -0.2) is 30.8 Å². The van der Waals surface area contributed by atoms with Crippen molar-refractivity contribution in [1.82, 2.24) is 5.32 Å². The van der Waals surface area contributed by atoms with E-state index < -0.39 is 6.10 Å². The van der Waals surface area contributed by atoms with Gasteiger partial charge in [-0.25, -0.2) is 0 Å². The average Bonchev–Trinajstić information content (AvgIpc) is 2.51. The van der Waals surface area contributed by atoms with E-state index in [0.717, 1.165) is 17.7 Å². The quantitative estimate of drug-likeness (QED) is 0.775. The van der Waals surface area contributed by atoms with E-state index in [1.54, 1.807) is 7.11 Å². The van der Waals surface area contributed by atoms with Gasteiger partial charge in [0.25, 0.3) is 0 Å². The van der Waals surface area contributed by atoms with Crippen LogP contribution in [0.5, 0.6) is 5.75 Å². The number of methoxy groups -OCH3 is 1. The number of carbonyl (C=O) groups is 1. The van der Waals surface area contributed by atoms with Crippen molar-refractivity contribution >= 4 is 5.91 Å². The third kappa shape index (κ3) is 5.38. The Morgan fingerprint density at radius 2 is 2.00 bits per heavy atom. The van der Waals surface area contributed by atoms with Gasteiger partial charge in [0.1, 0.15) is 5.75 Å². The maximum Gasteiger partial charge on any atom is 0.220 e. The highest BCUT2D eigenvalue weighted by Gasteiger charge is 2.17. The van der Waals surface area contributed by atoms with Crippen LogP contribution >= 0.6 is 0 Å². The molecule has 1 aromatic carbocycles. The Kier molecular flexibility index (Phi) is 7.23. The summed E-state index contributed by atoms with van der Waals surface area (Å²) in [6, 6.07) is 7.73. The number of para-hydroxylation sites is 1. The van der Waals surface area contributed by atoms with Gasteiger partial charge in [0.15, 0.2) is 0 Å².